The first-order valence-corrected chi connectivity index (χ1v) is 10.4. The Morgan fingerprint density at radius 2 is 1.52 bits per heavy atom. The van der Waals surface area contributed by atoms with Gasteiger partial charge in [-0.25, -0.2) is 0 Å². The van der Waals surface area contributed by atoms with E-state index in [-0.39, 0.29) is 17.7 Å². The number of hydrogen-bond donors (Lipinski definition) is 1. The summed E-state index contributed by atoms with van der Waals surface area (Å²) >= 11 is 0. The molecule has 3 amide bonds. The van der Waals surface area contributed by atoms with Crippen molar-refractivity contribution < 1.29 is 14.4 Å². The molecule has 0 aromatic heterocycles. The van der Waals surface area contributed by atoms with Crippen LogP contribution in [0.1, 0.15) is 71.7 Å². The zero-order valence-corrected chi connectivity index (χ0v) is 16.9. The van der Waals surface area contributed by atoms with Gasteiger partial charge in [-0.2, -0.15) is 0 Å². The molecule has 5 nitrogen and oxygen atoms in total. The Bertz CT molecular complexity index is 839. The molecule has 3 rings (SSSR count). The van der Waals surface area contributed by atoms with Gasteiger partial charge in [-0.05, 0) is 55.5 Å². The molecule has 0 saturated heterocycles. The number of carbonyl (C=O) groups excluding carboxylic acids is 3. The summed E-state index contributed by atoms with van der Waals surface area (Å²) in [5.74, 6) is -0.441. The molecule has 2 aromatic rings. The molecule has 0 radical (unpaired) electrons. The fourth-order valence-corrected chi connectivity index (χ4v) is 3.53. The lowest BCUT2D eigenvalue weighted by molar-refractivity contribution is -0.116. The number of anilines is 1. The van der Waals surface area contributed by atoms with Gasteiger partial charge >= 0.3 is 0 Å². The first-order chi connectivity index (χ1) is 14.1. The number of rotatable bonds is 10. The highest BCUT2D eigenvalue weighted by molar-refractivity contribution is 6.21. The van der Waals surface area contributed by atoms with Crippen LogP contribution < -0.4 is 5.32 Å². The summed E-state index contributed by atoms with van der Waals surface area (Å²) < 4.78 is 0. The van der Waals surface area contributed by atoms with E-state index in [1.807, 2.05) is 12.1 Å². The predicted molar refractivity (Wildman–Crippen MR) is 114 cm³/mol. The number of hydrogen-bond acceptors (Lipinski definition) is 3. The summed E-state index contributed by atoms with van der Waals surface area (Å²) in [5, 5.41) is 2.93. The molecule has 0 saturated carbocycles. The molecule has 2 aromatic carbocycles. The Morgan fingerprint density at radius 1 is 0.862 bits per heavy atom. The largest absolute Gasteiger partial charge is 0.326 e. The molecule has 152 valence electrons. The van der Waals surface area contributed by atoms with Gasteiger partial charge in [-0.15, -0.1) is 0 Å². The van der Waals surface area contributed by atoms with Gasteiger partial charge in [0.2, 0.25) is 5.91 Å². The second kappa shape index (κ2) is 10.0. The van der Waals surface area contributed by atoms with E-state index < -0.39 is 0 Å². The lowest BCUT2D eigenvalue weighted by Crippen LogP contribution is -2.30. The van der Waals surface area contributed by atoms with Crippen LogP contribution in [0.4, 0.5) is 5.69 Å². The van der Waals surface area contributed by atoms with Gasteiger partial charge in [0, 0.05) is 18.7 Å². The Labute approximate surface area is 172 Å². The second-order valence-corrected chi connectivity index (χ2v) is 7.47. The highest BCUT2D eigenvalue weighted by Crippen LogP contribution is 2.23. The van der Waals surface area contributed by atoms with Crippen LogP contribution in [0.5, 0.6) is 0 Å². The van der Waals surface area contributed by atoms with E-state index in [9.17, 15) is 14.4 Å². The molecule has 1 N–H and O–H groups in total. The van der Waals surface area contributed by atoms with Crippen LogP contribution in [0, 0.1) is 0 Å². The molecule has 0 unspecified atom stereocenters. The normalized spacial score (nSPS) is 12.9. The van der Waals surface area contributed by atoms with E-state index in [4.69, 9.17) is 0 Å². The zero-order chi connectivity index (χ0) is 20.6. The van der Waals surface area contributed by atoms with E-state index in [1.54, 1.807) is 24.3 Å². The van der Waals surface area contributed by atoms with E-state index >= 15 is 0 Å². The third kappa shape index (κ3) is 5.31. The van der Waals surface area contributed by atoms with Gasteiger partial charge in [-0.1, -0.05) is 44.0 Å². The summed E-state index contributed by atoms with van der Waals surface area (Å²) in [7, 11) is 0. The minimum Gasteiger partial charge on any atom is -0.326 e. The van der Waals surface area contributed by atoms with Crippen LogP contribution >= 0.6 is 0 Å². The van der Waals surface area contributed by atoms with Crippen LogP contribution in [-0.2, 0) is 11.2 Å². The standard InChI is InChI=1S/C24H28N2O3/c1-2-3-9-18-13-15-19(16-14-18)25-22(27)12-5-4-8-17-26-23(28)20-10-6-7-11-21(20)24(26)29/h6-7,10-11,13-16H,2-5,8-9,12,17H2,1H3,(H,25,27). The van der Waals surface area contributed by atoms with E-state index in [1.165, 1.54) is 23.3 Å². The van der Waals surface area contributed by atoms with Gasteiger partial charge in [0.15, 0.2) is 0 Å². The van der Waals surface area contributed by atoms with Crippen molar-refractivity contribution in [2.24, 2.45) is 0 Å². The minimum absolute atomic E-state index is 0.00737. The lowest BCUT2D eigenvalue weighted by Gasteiger charge is -2.13. The molecule has 29 heavy (non-hydrogen) atoms. The highest BCUT2D eigenvalue weighted by Gasteiger charge is 2.34. The first-order valence-electron chi connectivity index (χ1n) is 10.4. The van der Waals surface area contributed by atoms with E-state index in [0.717, 1.165) is 24.9 Å². The van der Waals surface area contributed by atoms with Gasteiger partial charge in [0.25, 0.3) is 11.8 Å². The van der Waals surface area contributed by atoms with Crippen molar-refractivity contribution in [3.8, 4) is 0 Å². The Balaban J connectivity index is 1.35. The van der Waals surface area contributed by atoms with Gasteiger partial charge < -0.3 is 5.32 Å². The lowest BCUT2D eigenvalue weighted by atomic mass is 10.1. The Morgan fingerprint density at radius 3 is 2.14 bits per heavy atom. The smallest absolute Gasteiger partial charge is 0.261 e. The predicted octanol–water partition coefficient (Wildman–Crippen LogP) is 4.82. The number of nitrogens with zero attached hydrogens (tertiary/aromatic N) is 1. The van der Waals surface area contributed by atoms with Crippen molar-refractivity contribution in [2.75, 3.05) is 11.9 Å². The van der Waals surface area contributed by atoms with Crippen molar-refractivity contribution in [2.45, 2.75) is 51.9 Å². The third-order valence-corrected chi connectivity index (χ3v) is 5.22. The number of nitrogens with one attached hydrogen (secondary N) is 1. The molecule has 0 atom stereocenters. The van der Waals surface area contributed by atoms with Crippen LogP contribution in [0.25, 0.3) is 0 Å². The molecular weight excluding hydrogens is 364 g/mol. The molecule has 0 spiro atoms. The Kier molecular flexibility index (Phi) is 7.17. The van der Waals surface area contributed by atoms with Crippen LogP contribution in [0.2, 0.25) is 0 Å². The topological polar surface area (TPSA) is 66.5 Å². The maximum atomic E-state index is 12.3. The quantitative estimate of drug-likeness (QED) is 0.465. The molecule has 0 bridgehead atoms. The number of aryl methyl sites for hydroxylation is 1. The van der Waals surface area contributed by atoms with Crippen molar-refractivity contribution in [1.29, 1.82) is 0 Å². The van der Waals surface area contributed by atoms with Crippen LogP contribution in [0.15, 0.2) is 48.5 Å². The van der Waals surface area contributed by atoms with Crippen molar-refractivity contribution in [3.05, 3.63) is 65.2 Å². The number of benzene rings is 2. The molecule has 0 fully saturated rings. The second-order valence-electron chi connectivity index (χ2n) is 7.47. The highest BCUT2D eigenvalue weighted by atomic mass is 16.2. The Hall–Kier alpha value is -2.95. The van der Waals surface area contributed by atoms with Gasteiger partial charge in [0.1, 0.15) is 0 Å². The van der Waals surface area contributed by atoms with Gasteiger partial charge in [-0.3, -0.25) is 19.3 Å². The van der Waals surface area contributed by atoms with Gasteiger partial charge in [0.05, 0.1) is 11.1 Å². The van der Waals surface area contributed by atoms with Crippen LogP contribution in [0.3, 0.4) is 0 Å². The number of fused-ring (bicyclic) bond motifs is 1. The SMILES string of the molecule is CCCCc1ccc(NC(=O)CCCCCN2C(=O)c3ccccc3C2=O)cc1. The monoisotopic (exact) mass is 392 g/mol. The number of carbonyl (C=O) groups is 3. The fraction of sp³-hybridized carbons (Fsp3) is 0.375. The van der Waals surface area contributed by atoms with Crippen molar-refractivity contribution in [3.63, 3.8) is 0 Å². The molecule has 1 heterocycles. The first kappa shape index (κ1) is 20.8. The molecular formula is C24H28N2O3. The summed E-state index contributed by atoms with van der Waals surface area (Å²) in [4.78, 5) is 38.0. The molecule has 1 aliphatic rings. The maximum absolute atomic E-state index is 12.3. The average molecular weight is 392 g/mol. The summed E-state index contributed by atoms with van der Waals surface area (Å²) in [6, 6.07) is 14.9. The maximum Gasteiger partial charge on any atom is 0.261 e. The van der Waals surface area contributed by atoms with E-state index in [2.05, 4.69) is 24.4 Å². The molecule has 5 heteroatoms. The zero-order valence-electron chi connectivity index (χ0n) is 16.9. The minimum atomic E-state index is -0.217. The number of imide groups is 1. The van der Waals surface area contributed by atoms with Crippen LogP contribution in [-0.4, -0.2) is 29.2 Å². The van der Waals surface area contributed by atoms with Crippen molar-refractivity contribution in [1.82, 2.24) is 4.90 Å². The number of unbranched alkanes of at least 4 members (excludes halogenated alkanes) is 3. The summed E-state index contributed by atoms with van der Waals surface area (Å²) in [6.45, 7) is 2.57. The summed E-state index contributed by atoms with van der Waals surface area (Å²) in [5.41, 5.74) is 3.08. The molecule has 0 aliphatic carbocycles. The summed E-state index contributed by atoms with van der Waals surface area (Å²) in [6.07, 6.45) is 6.06. The van der Waals surface area contributed by atoms with Crippen molar-refractivity contribution >= 4 is 23.4 Å². The fourth-order valence-electron chi connectivity index (χ4n) is 3.53. The third-order valence-electron chi connectivity index (χ3n) is 5.22. The molecule has 1 aliphatic heterocycles. The van der Waals surface area contributed by atoms with E-state index in [0.29, 0.717) is 30.5 Å². The average Bonchev–Trinajstić information content (AvgIpc) is 2.98. The number of amides is 3.